The normalized spacial score (nSPS) is 11.9. The molecule has 0 aromatic carbocycles. The fraction of sp³-hybridized carbons (Fsp3) is 0.909. The monoisotopic (exact) mass is 200 g/mol. The molecule has 0 fully saturated rings. The van der Waals surface area contributed by atoms with Crippen LogP contribution in [-0.2, 0) is 4.79 Å². The molecule has 0 saturated heterocycles. The van der Waals surface area contributed by atoms with Crippen molar-refractivity contribution in [2.75, 3.05) is 13.6 Å². The number of hydrogen-bond donors (Lipinski definition) is 1. The van der Waals surface area contributed by atoms with E-state index < -0.39 is 0 Å². The van der Waals surface area contributed by atoms with Gasteiger partial charge in [-0.3, -0.25) is 4.79 Å². The Kier molecular flexibility index (Phi) is 5.13. The molecule has 0 aromatic heterocycles. The first-order valence-electron chi connectivity index (χ1n) is 5.25. The van der Waals surface area contributed by atoms with Crippen LogP contribution in [0.2, 0.25) is 0 Å². The van der Waals surface area contributed by atoms with E-state index in [-0.39, 0.29) is 11.4 Å². The van der Waals surface area contributed by atoms with Gasteiger partial charge in [0.05, 0.1) is 0 Å². The molecular formula is C11H24N2O. The number of carbonyl (C=O) groups excluding carboxylic acids is 1. The number of nitrogens with two attached hydrogens (primary N) is 1. The third-order valence-electron chi connectivity index (χ3n) is 2.05. The lowest BCUT2D eigenvalue weighted by Crippen LogP contribution is -2.36. The maximum Gasteiger partial charge on any atom is 0.222 e. The fourth-order valence-corrected chi connectivity index (χ4v) is 1.27. The lowest BCUT2D eigenvalue weighted by atomic mass is 9.99. The molecule has 0 rings (SSSR count). The summed E-state index contributed by atoms with van der Waals surface area (Å²) >= 11 is 0. The van der Waals surface area contributed by atoms with Gasteiger partial charge in [0, 0.05) is 25.6 Å². The Balaban J connectivity index is 3.85. The van der Waals surface area contributed by atoms with E-state index in [1.807, 2.05) is 20.9 Å². The average molecular weight is 200 g/mol. The quantitative estimate of drug-likeness (QED) is 0.733. The van der Waals surface area contributed by atoms with Crippen molar-refractivity contribution in [1.29, 1.82) is 0 Å². The first-order valence-corrected chi connectivity index (χ1v) is 5.25. The third kappa shape index (κ3) is 6.89. The Morgan fingerprint density at radius 3 is 2.29 bits per heavy atom. The molecule has 0 aliphatic rings. The van der Waals surface area contributed by atoms with Crippen LogP contribution in [0.3, 0.4) is 0 Å². The van der Waals surface area contributed by atoms with Crippen molar-refractivity contribution in [2.24, 2.45) is 11.7 Å². The zero-order valence-corrected chi connectivity index (χ0v) is 10.1. The standard InChI is InChI=1S/C11H24N2O/c1-9(2)8-13(5)10(14)6-7-11(3,4)12/h9H,6-8,12H2,1-5H3. The number of hydrogen-bond acceptors (Lipinski definition) is 2. The molecule has 14 heavy (non-hydrogen) atoms. The predicted octanol–water partition coefficient (Wildman–Crippen LogP) is 1.62. The highest BCUT2D eigenvalue weighted by Crippen LogP contribution is 2.09. The topological polar surface area (TPSA) is 46.3 Å². The number of rotatable bonds is 5. The van der Waals surface area contributed by atoms with E-state index in [4.69, 9.17) is 5.73 Å². The van der Waals surface area contributed by atoms with Crippen LogP contribution in [0.15, 0.2) is 0 Å². The molecule has 2 N–H and O–H groups in total. The minimum atomic E-state index is -0.242. The van der Waals surface area contributed by atoms with Crippen molar-refractivity contribution in [3.05, 3.63) is 0 Å². The predicted molar refractivity (Wildman–Crippen MR) is 60.0 cm³/mol. The molecule has 0 aliphatic heterocycles. The van der Waals surface area contributed by atoms with E-state index in [0.29, 0.717) is 12.3 Å². The van der Waals surface area contributed by atoms with Gasteiger partial charge in [-0.25, -0.2) is 0 Å². The second-order valence-corrected chi connectivity index (χ2v) is 5.16. The molecular weight excluding hydrogens is 176 g/mol. The first kappa shape index (κ1) is 13.4. The summed E-state index contributed by atoms with van der Waals surface area (Å²) in [6.45, 7) is 8.93. The van der Waals surface area contributed by atoms with Gasteiger partial charge in [-0.1, -0.05) is 13.8 Å². The van der Waals surface area contributed by atoms with Crippen LogP contribution < -0.4 is 5.73 Å². The highest BCUT2D eigenvalue weighted by Gasteiger charge is 2.15. The van der Waals surface area contributed by atoms with Gasteiger partial charge >= 0.3 is 0 Å². The summed E-state index contributed by atoms with van der Waals surface area (Å²) in [5.41, 5.74) is 5.57. The lowest BCUT2D eigenvalue weighted by molar-refractivity contribution is -0.130. The maximum absolute atomic E-state index is 11.6. The first-order chi connectivity index (χ1) is 6.22. The van der Waals surface area contributed by atoms with Crippen molar-refractivity contribution in [2.45, 2.75) is 46.1 Å². The number of carbonyl (C=O) groups is 1. The summed E-state index contributed by atoms with van der Waals surface area (Å²) in [6.07, 6.45) is 1.29. The molecule has 0 heterocycles. The van der Waals surface area contributed by atoms with Crippen LogP contribution >= 0.6 is 0 Å². The van der Waals surface area contributed by atoms with Crippen LogP contribution in [0.4, 0.5) is 0 Å². The van der Waals surface area contributed by atoms with Crippen LogP contribution in [0.1, 0.15) is 40.5 Å². The van der Waals surface area contributed by atoms with E-state index >= 15 is 0 Å². The van der Waals surface area contributed by atoms with Gasteiger partial charge in [0.15, 0.2) is 0 Å². The van der Waals surface area contributed by atoms with Crippen LogP contribution in [0, 0.1) is 5.92 Å². The van der Waals surface area contributed by atoms with Gasteiger partial charge in [-0.05, 0) is 26.2 Å². The zero-order chi connectivity index (χ0) is 11.4. The summed E-state index contributed by atoms with van der Waals surface area (Å²) in [5, 5.41) is 0. The Morgan fingerprint density at radius 2 is 1.93 bits per heavy atom. The Labute approximate surface area is 87.6 Å². The fourth-order valence-electron chi connectivity index (χ4n) is 1.27. The number of amides is 1. The minimum absolute atomic E-state index is 0.192. The summed E-state index contributed by atoms with van der Waals surface area (Å²) in [5.74, 6) is 0.715. The molecule has 1 amide bonds. The van der Waals surface area contributed by atoms with Gasteiger partial charge in [0.25, 0.3) is 0 Å². The molecule has 0 spiro atoms. The Morgan fingerprint density at radius 1 is 1.43 bits per heavy atom. The van der Waals surface area contributed by atoms with Crippen LogP contribution in [-0.4, -0.2) is 29.9 Å². The largest absolute Gasteiger partial charge is 0.346 e. The molecule has 0 bridgehead atoms. The summed E-state index contributed by atoms with van der Waals surface area (Å²) in [4.78, 5) is 13.4. The molecule has 3 nitrogen and oxygen atoms in total. The Bertz CT molecular complexity index is 182. The summed E-state index contributed by atoms with van der Waals surface area (Å²) < 4.78 is 0. The lowest BCUT2D eigenvalue weighted by Gasteiger charge is -2.22. The molecule has 84 valence electrons. The van der Waals surface area contributed by atoms with Gasteiger partial charge in [0.1, 0.15) is 0 Å². The highest BCUT2D eigenvalue weighted by atomic mass is 16.2. The van der Waals surface area contributed by atoms with Crippen molar-refractivity contribution in [3.63, 3.8) is 0 Å². The second kappa shape index (κ2) is 5.35. The molecule has 0 atom stereocenters. The number of nitrogens with zero attached hydrogens (tertiary/aromatic N) is 1. The van der Waals surface area contributed by atoms with E-state index in [1.54, 1.807) is 4.90 Å². The smallest absolute Gasteiger partial charge is 0.222 e. The molecule has 3 heteroatoms. The van der Waals surface area contributed by atoms with Crippen molar-refractivity contribution >= 4 is 5.91 Å². The maximum atomic E-state index is 11.6. The van der Waals surface area contributed by atoms with E-state index in [1.165, 1.54) is 0 Å². The molecule has 0 radical (unpaired) electrons. The van der Waals surface area contributed by atoms with Crippen molar-refractivity contribution in [1.82, 2.24) is 4.90 Å². The van der Waals surface area contributed by atoms with Gasteiger partial charge in [-0.2, -0.15) is 0 Å². The third-order valence-corrected chi connectivity index (χ3v) is 2.05. The molecule has 0 aromatic rings. The second-order valence-electron chi connectivity index (χ2n) is 5.16. The van der Waals surface area contributed by atoms with Crippen LogP contribution in [0.25, 0.3) is 0 Å². The van der Waals surface area contributed by atoms with Crippen molar-refractivity contribution < 1.29 is 4.79 Å². The summed E-state index contributed by atoms with van der Waals surface area (Å²) in [7, 11) is 1.85. The van der Waals surface area contributed by atoms with Gasteiger partial charge in [-0.15, -0.1) is 0 Å². The molecule has 0 unspecified atom stereocenters. The van der Waals surface area contributed by atoms with Gasteiger partial charge < -0.3 is 10.6 Å². The van der Waals surface area contributed by atoms with Gasteiger partial charge in [0.2, 0.25) is 5.91 Å². The van der Waals surface area contributed by atoms with E-state index in [9.17, 15) is 4.79 Å². The van der Waals surface area contributed by atoms with Crippen molar-refractivity contribution in [3.8, 4) is 0 Å². The van der Waals surface area contributed by atoms with Crippen LogP contribution in [0.5, 0.6) is 0 Å². The SMILES string of the molecule is CC(C)CN(C)C(=O)CCC(C)(C)N. The molecule has 0 saturated carbocycles. The van der Waals surface area contributed by atoms with E-state index in [2.05, 4.69) is 13.8 Å². The average Bonchev–Trinajstić information content (AvgIpc) is 1.97. The zero-order valence-electron chi connectivity index (χ0n) is 10.1. The highest BCUT2D eigenvalue weighted by molar-refractivity contribution is 5.75. The van der Waals surface area contributed by atoms with E-state index in [0.717, 1.165) is 13.0 Å². The Hall–Kier alpha value is -0.570. The molecule has 0 aliphatic carbocycles. The minimum Gasteiger partial charge on any atom is -0.346 e. The summed E-state index contributed by atoms with van der Waals surface area (Å²) in [6, 6.07) is 0.